The molecule has 0 bridgehead atoms. The highest BCUT2D eigenvalue weighted by molar-refractivity contribution is 6.30. The second-order valence-electron chi connectivity index (χ2n) is 4.16. The Morgan fingerprint density at radius 2 is 2.18 bits per heavy atom. The molecule has 0 aliphatic carbocycles. The van der Waals surface area contributed by atoms with Crippen LogP contribution in [0.1, 0.15) is 5.56 Å². The van der Waals surface area contributed by atoms with Gasteiger partial charge in [-0.15, -0.1) is 0 Å². The first-order valence-corrected chi connectivity index (χ1v) is 5.96. The number of halogens is 1. The first-order valence-electron chi connectivity index (χ1n) is 5.59. The van der Waals surface area contributed by atoms with E-state index in [1.807, 2.05) is 29.2 Å². The van der Waals surface area contributed by atoms with Crippen LogP contribution in [0.4, 0.5) is 0 Å². The average molecular weight is 255 g/mol. The number of benzene rings is 1. The van der Waals surface area contributed by atoms with Crippen LogP contribution in [-0.4, -0.2) is 41.7 Å². The number of piperazine rings is 1. The molecule has 5 heteroatoms. The third-order valence-electron chi connectivity index (χ3n) is 2.94. The van der Waals surface area contributed by atoms with Crippen molar-refractivity contribution in [2.24, 2.45) is 0 Å². The van der Waals surface area contributed by atoms with Gasteiger partial charge >= 0.3 is 5.97 Å². The normalized spacial score (nSPS) is 21.4. The number of hydrogen-bond donors (Lipinski definition) is 2. The lowest BCUT2D eigenvalue weighted by atomic mass is 10.1. The maximum Gasteiger partial charge on any atom is 0.322 e. The summed E-state index contributed by atoms with van der Waals surface area (Å²) < 4.78 is 0. The first-order chi connectivity index (χ1) is 8.16. The third kappa shape index (κ3) is 3.19. The number of carbonyl (C=O) groups is 1. The molecule has 92 valence electrons. The van der Waals surface area contributed by atoms with Crippen LogP contribution in [0.2, 0.25) is 5.02 Å². The minimum absolute atomic E-state index is 0.445. The van der Waals surface area contributed by atoms with Crippen LogP contribution in [0.25, 0.3) is 0 Å². The van der Waals surface area contributed by atoms with Gasteiger partial charge in [0.05, 0.1) is 0 Å². The van der Waals surface area contributed by atoms with E-state index in [1.54, 1.807) is 0 Å². The smallest absolute Gasteiger partial charge is 0.322 e. The molecule has 0 aromatic heterocycles. The quantitative estimate of drug-likeness (QED) is 0.851. The molecule has 1 fully saturated rings. The number of carboxylic acids is 1. The van der Waals surface area contributed by atoms with E-state index in [2.05, 4.69) is 5.32 Å². The molecule has 0 spiro atoms. The molecule has 1 heterocycles. The zero-order valence-electron chi connectivity index (χ0n) is 9.40. The van der Waals surface area contributed by atoms with Crippen molar-refractivity contribution in [1.29, 1.82) is 0 Å². The second kappa shape index (κ2) is 5.49. The first kappa shape index (κ1) is 12.4. The zero-order valence-corrected chi connectivity index (χ0v) is 10.2. The van der Waals surface area contributed by atoms with Crippen molar-refractivity contribution >= 4 is 17.6 Å². The highest BCUT2D eigenvalue weighted by Gasteiger charge is 2.27. The fourth-order valence-electron chi connectivity index (χ4n) is 2.00. The highest BCUT2D eigenvalue weighted by Crippen LogP contribution is 2.14. The summed E-state index contributed by atoms with van der Waals surface area (Å²) in [6, 6.07) is 7.08. The molecule has 0 amide bonds. The molecule has 4 nitrogen and oxygen atoms in total. The Morgan fingerprint density at radius 3 is 2.82 bits per heavy atom. The molecular weight excluding hydrogens is 240 g/mol. The predicted octanol–water partition coefficient (Wildman–Crippen LogP) is 1.20. The molecule has 1 aliphatic rings. The Labute approximate surface area is 105 Å². The van der Waals surface area contributed by atoms with Crippen LogP contribution < -0.4 is 5.32 Å². The van der Waals surface area contributed by atoms with Gasteiger partial charge in [-0.3, -0.25) is 9.69 Å². The summed E-state index contributed by atoms with van der Waals surface area (Å²) in [5, 5.41) is 12.9. The van der Waals surface area contributed by atoms with Crippen LogP contribution in [0.5, 0.6) is 0 Å². The van der Waals surface area contributed by atoms with Crippen LogP contribution >= 0.6 is 11.6 Å². The molecule has 17 heavy (non-hydrogen) atoms. The van der Waals surface area contributed by atoms with E-state index in [0.29, 0.717) is 18.1 Å². The van der Waals surface area contributed by atoms with E-state index in [9.17, 15) is 4.79 Å². The van der Waals surface area contributed by atoms with Crippen LogP contribution in [-0.2, 0) is 11.3 Å². The lowest BCUT2D eigenvalue weighted by Gasteiger charge is -2.33. The number of hydrogen-bond acceptors (Lipinski definition) is 3. The second-order valence-corrected chi connectivity index (χ2v) is 4.59. The SMILES string of the molecule is O=C(O)C1CNCCN1Cc1ccc(Cl)cc1. The molecule has 1 unspecified atom stereocenters. The van der Waals surface area contributed by atoms with Gasteiger partial charge in [-0.05, 0) is 17.7 Å². The van der Waals surface area contributed by atoms with Crippen LogP contribution in [0.3, 0.4) is 0 Å². The van der Waals surface area contributed by atoms with Crippen LogP contribution in [0.15, 0.2) is 24.3 Å². The molecule has 1 aromatic carbocycles. The summed E-state index contributed by atoms with van der Waals surface area (Å²) >= 11 is 5.82. The Kier molecular flexibility index (Phi) is 3.99. The van der Waals surface area contributed by atoms with Crippen molar-refractivity contribution < 1.29 is 9.90 Å². The molecule has 1 aliphatic heterocycles. The summed E-state index contributed by atoms with van der Waals surface area (Å²) in [6.45, 7) is 2.73. The number of carboxylic acid groups (broad SMARTS) is 1. The third-order valence-corrected chi connectivity index (χ3v) is 3.19. The van der Waals surface area contributed by atoms with Gasteiger partial charge in [0, 0.05) is 31.2 Å². The minimum atomic E-state index is -0.772. The molecule has 1 aromatic rings. The van der Waals surface area contributed by atoms with Crippen molar-refractivity contribution in [3.8, 4) is 0 Å². The van der Waals surface area contributed by atoms with E-state index in [0.717, 1.165) is 18.7 Å². The minimum Gasteiger partial charge on any atom is -0.480 e. The van der Waals surface area contributed by atoms with E-state index in [4.69, 9.17) is 16.7 Å². The number of nitrogens with one attached hydrogen (secondary N) is 1. The van der Waals surface area contributed by atoms with Gasteiger partial charge in [0.15, 0.2) is 0 Å². The molecule has 2 rings (SSSR count). The zero-order chi connectivity index (χ0) is 12.3. The summed E-state index contributed by atoms with van der Waals surface area (Å²) in [6.07, 6.45) is 0. The van der Waals surface area contributed by atoms with Crippen molar-refractivity contribution in [1.82, 2.24) is 10.2 Å². The molecule has 0 radical (unpaired) electrons. The van der Waals surface area contributed by atoms with Crippen molar-refractivity contribution in [2.75, 3.05) is 19.6 Å². The number of nitrogens with zero attached hydrogens (tertiary/aromatic N) is 1. The molecule has 2 N–H and O–H groups in total. The van der Waals surface area contributed by atoms with Gasteiger partial charge < -0.3 is 10.4 Å². The standard InChI is InChI=1S/C12H15ClN2O2/c13-10-3-1-9(2-4-10)8-15-6-5-14-7-11(15)12(16)17/h1-4,11,14H,5-8H2,(H,16,17). The summed E-state index contributed by atoms with van der Waals surface area (Å²) in [4.78, 5) is 13.1. The Balaban J connectivity index is 2.05. The molecule has 0 saturated carbocycles. The lowest BCUT2D eigenvalue weighted by Crippen LogP contribution is -2.54. The maximum atomic E-state index is 11.1. The number of aliphatic carboxylic acids is 1. The summed E-state index contributed by atoms with van der Waals surface area (Å²) in [5.41, 5.74) is 1.09. The number of rotatable bonds is 3. The Hall–Kier alpha value is -1.10. The van der Waals surface area contributed by atoms with Gasteiger partial charge in [0.2, 0.25) is 0 Å². The fourth-order valence-corrected chi connectivity index (χ4v) is 2.13. The van der Waals surface area contributed by atoms with Crippen molar-refractivity contribution in [3.05, 3.63) is 34.9 Å². The maximum absolute atomic E-state index is 11.1. The monoisotopic (exact) mass is 254 g/mol. The fraction of sp³-hybridized carbons (Fsp3) is 0.417. The van der Waals surface area contributed by atoms with E-state index >= 15 is 0 Å². The van der Waals surface area contributed by atoms with Gasteiger partial charge in [0.1, 0.15) is 6.04 Å². The van der Waals surface area contributed by atoms with Gasteiger partial charge in [-0.25, -0.2) is 0 Å². The van der Waals surface area contributed by atoms with Crippen molar-refractivity contribution in [2.45, 2.75) is 12.6 Å². The van der Waals surface area contributed by atoms with Gasteiger partial charge in [-0.2, -0.15) is 0 Å². The Bertz CT molecular complexity index is 394. The van der Waals surface area contributed by atoms with E-state index in [-0.39, 0.29) is 0 Å². The van der Waals surface area contributed by atoms with Crippen LogP contribution in [0, 0.1) is 0 Å². The summed E-state index contributed by atoms with van der Waals surface area (Å²) in [7, 11) is 0. The molecular formula is C12H15ClN2O2. The predicted molar refractivity (Wildman–Crippen MR) is 66.2 cm³/mol. The van der Waals surface area contributed by atoms with E-state index < -0.39 is 12.0 Å². The Morgan fingerprint density at radius 1 is 1.47 bits per heavy atom. The largest absolute Gasteiger partial charge is 0.480 e. The molecule has 1 saturated heterocycles. The molecule has 1 atom stereocenters. The summed E-state index contributed by atoms with van der Waals surface area (Å²) in [5.74, 6) is -0.772. The van der Waals surface area contributed by atoms with Crippen molar-refractivity contribution in [3.63, 3.8) is 0 Å². The topological polar surface area (TPSA) is 52.6 Å². The lowest BCUT2D eigenvalue weighted by molar-refractivity contribution is -0.144. The highest BCUT2D eigenvalue weighted by atomic mass is 35.5. The van der Waals surface area contributed by atoms with E-state index in [1.165, 1.54) is 0 Å². The van der Waals surface area contributed by atoms with Gasteiger partial charge in [-0.1, -0.05) is 23.7 Å². The van der Waals surface area contributed by atoms with Gasteiger partial charge in [0.25, 0.3) is 0 Å². The average Bonchev–Trinajstić information content (AvgIpc) is 2.32.